The van der Waals surface area contributed by atoms with Crippen LogP contribution in [0.3, 0.4) is 0 Å². The van der Waals surface area contributed by atoms with Gasteiger partial charge in [0.25, 0.3) is 0 Å². The van der Waals surface area contributed by atoms with Crippen LogP contribution in [0.25, 0.3) is 0 Å². The molecule has 0 saturated carbocycles. The number of nitrogens with zero attached hydrogens (tertiary/aromatic N) is 2. The Kier molecular flexibility index (Phi) is 10.2. The Hall–Kier alpha value is -3.34. The molecule has 2 aliphatic heterocycles. The summed E-state index contributed by atoms with van der Waals surface area (Å²) >= 11 is -1.97. The highest BCUT2D eigenvalue weighted by atomic mass is 32.2. The van der Waals surface area contributed by atoms with Crippen LogP contribution in [0.15, 0.2) is 36.5 Å². The molecule has 1 aromatic carbocycles. The number of urea groups is 1. The molecule has 4 rings (SSSR count). The van der Waals surface area contributed by atoms with Gasteiger partial charge in [-0.15, -0.1) is 4.72 Å². The molecule has 0 bridgehead atoms. The second kappa shape index (κ2) is 13.3. The summed E-state index contributed by atoms with van der Waals surface area (Å²) in [6, 6.07) is 1.67. The molecular formula is C28H31F5N4O6S. The Morgan fingerprint density at radius 1 is 1.14 bits per heavy atom. The van der Waals surface area contributed by atoms with Crippen LogP contribution in [0.4, 0.5) is 26.7 Å². The average molecular weight is 647 g/mol. The van der Waals surface area contributed by atoms with Gasteiger partial charge in [-0.05, 0) is 63.9 Å². The molecule has 16 heteroatoms. The van der Waals surface area contributed by atoms with Crippen molar-refractivity contribution >= 4 is 29.2 Å². The molecule has 1 unspecified atom stereocenters. The van der Waals surface area contributed by atoms with Crippen LogP contribution in [0, 0.1) is 11.7 Å². The first-order chi connectivity index (χ1) is 20.6. The summed E-state index contributed by atoms with van der Waals surface area (Å²) in [6.45, 7) is 5.34. The number of carbonyl (C=O) groups excluding carboxylic acids is 3. The largest absolute Gasteiger partial charge is 0.598 e. The zero-order valence-electron chi connectivity index (χ0n) is 24.0. The van der Waals surface area contributed by atoms with Crippen LogP contribution in [0.2, 0.25) is 0 Å². The molecule has 2 N–H and O–H groups in total. The summed E-state index contributed by atoms with van der Waals surface area (Å²) in [5.41, 5.74) is -1.54. The second-order valence-electron chi connectivity index (χ2n) is 11.3. The molecule has 4 amide bonds. The summed E-state index contributed by atoms with van der Waals surface area (Å²) in [5.74, 6) is -4.75. The van der Waals surface area contributed by atoms with Crippen LogP contribution < -0.4 is 14.8 Å². The Morgan fingerprint density at radius 2 is 1.80 bits per heavy atom. The van der Waals surface area contributed by atoms with E-state index in [-0.39, 0.29) is 30.3 Å². The van der Waals surface area contributed by atoms with Crippen molar-refractivity contribution in [1.82, 2.24) is 19.9 Å². The lowest BCUT2D eigenvalue weighted by Crippen LogP contribution is -2.62. The van der Waals surface area contributed by atoms with E-state index in [2.05, 4.69) is 15.0 Å². The standard InChI is InChI=1S/C28H31F5N4O6S/c1-27(2,3)44(41)36-23(18-12-16(4-6-20(18)29)43-17-5-7-22(34-14-17)28(31,32)33)21(30)13-19-24(38)35-26(40)37(25(19)39)15-8-10-42-11-9-15/h4-7,12,14-15,19,21,23,36H,8-11,13H2,1-3H3,(H,35,38,40)/t19?,21-,23-,44+/m0/s1. The number of hydrogen-bond donors (Lipinski definition) is 2. The van der Waals surface area contributed by atoms with Gasteiger partial charge in [0.05, 0.1) is 6.20 Å². The third kappa shape index (κ3) is 7.83. The van der Waals surface area contributed by atoms with E-state index in [9.17, 15) is 32.1 Å². The highest BCUT2D eigenvalue weighted by Crippen LogP contribution is 2.35. The predicted octanol–water partition coefficient (Wildman–Crippen LogP) is 4.73. The number of carbonyl (C=O) groups is 3. The van der Waals surface area contributed by atoms with Gasteiger partial charge in [-0.1, -0.05) is 0 Å². The summed E-state index contributed by atoms with van der Waals surface area (Å²) in [7, 11) is 0. The van der Waals surface area contributed by atoms with Gasteiger partial charge >= 0.3 is 12.2 Å². The van der Waals surface area contributed by atoms with E-state index in [1.807, 2.05) is 0 Å². The quantitative estimate of drug-likeness (QED) is 0.227. The molecule has 240 valence electrons. The van der Waals surface area contributed by atoms with E-state index in [0.717, 1.165) is 35.4 Å². The van der Waals surface area contributed by atoms with Gasteiger partial charge in [-0.25, -0.2) is 18.6 Å². The van der Waals surface area contributed by atoms with Crippen molar-refractivity contribution in [2.45, 2.75) is 69.2 Å². The number of nitrogens with one attached hydrogen (secondary N) is 2. The minimum Gasteiger partial charge on any atom is -0.598 e. The normalized spacial score (nSPS) is 20.7. The number of aromatic nitrogens is 1. The Labute approximate surface area is 253 Å². The zero-order valence-corrected chi connectivity index (χ0v) is 24.8. The first-order valence-electron chi connectivity index (χ1n) is 13.6. The van der Waals surface area contributed by atoms with Crippen LogP contribution in [-0.2, 0) is 31.9 Å². The van der Waals surface area contributed by atoms with Gasteiger partial charge in [0.2, 0.25) is 11.8 Å². The lowest BCUT2D eigenvalue weighted by molar-refractivity contribution is -0.146. The summed E-state index contributed by atoms with van der Waals surface area (Å²) in [5, 5.41) is 2.09. The van der Waals surface area contributed by atoms with Crippen molar-refractivity contribution in [1.29, 1.82) is 0 Å². The summed E-state index contributed by atoms with van der Waals surface area (Å²) < 4.78 is 95.5. The van der Waals surface area contributed by atoms with Crippen molar-refractivity contribution in [3.8, 4) is 11.5 Å². The first-order valence-corrected chi connectivity index (χ1v) is 14.8. The fraction of sp³-hybridized carbons (Fsp3) is 0.500. The number of ether oxygens (including phenoxy) is 2. The van der Waals surface area contributed by atoms with E-state index in [1.165, 1.54) is 0 Å². The van der Waals surface area contributed by atoms with Crippen LogP contribution in [-0.4, -0.2) is 62.5 Å². The smallest absolute Gasteiger partial charge is 0.433 e. The Morgan fingerprint density at radius 3 is 2.39 bits per heavy atom. The lowest BCUT2D eigenvalue weighted by atomic mass is 9.91. The average Bonchev–Trinajstić information content (AvgIpc) is 2.94. The Bertz CT molecular complexity index is 1370. The zero-order chi connectivity index (χ0) is 32.4. The van der Waals surface area contributed by atoms with Gasteiger partial charge in [0, 0.05) is 42.6 Å². The van der Waals surface area contributed by atoms with Crippen LogP contribution in [0.5, 0.6) is 11.5 Å². The first kappa shape index (κ1) is 33.6. The number of benzene rings is 1. The SMILES string of the molecule is CC(C)(C)[S@@+]([O-])N[C@@H](c1cc(Oc2ccc(C(F)(F)F)nc2)ccc1F)[C@@H](F)CC1C(=O)NC(=O)N(C2CCOCC2)C1=O. The number of hydrogen-bond acceptors (Lipinski definition) is 8. The van der Waals surface area contributed by atoms with Crippen molar-refractivity contribution in [3.63, 3.8) is 0 Å². The van der Waals surface area contributed by atoms with Crippen LogP contribution in [0.1, 0.15) is 57.3 Å². The number of imide groups is 2. The molecule has 4 atom stereocenters. The maximum atomic E-state index is 16.2. The highest BCUT2D eigenvalue weighted by Gasteiger charge is 2.46. The number of alkyl halides is 4. The van der Waals surface area contributed by atoms with Gasteiger partial charge in [0.15, 0.2) is 0 Å². The fourth-order valence-electron chi connectivity index (χ4n) is 4.68. The molecule has 2 aromatic rings. The van der Waals surface area contributed by atoms with Crippen molar-refractivity contribution in [2.75, 3.05) is 13.2 Å². The van der Waals surface area contributed by atoms with E-state index in [1.54, 1.807) is 20.8 Å². The van der Waals surface area contributed by atoms with Gasteiger partial charge < -0.3 is 14.0 Å². The maximum absolute atomic E-state index is 16.2. The van der Waals surface area contributed by atoms with Crippen molar-refractivity contribution < 1.29 is 50.4 Å². The topological polar surface area (TPSA) is 133 Å². The van der Waals surface area contributed by atoms with Gasteiger partial charge in [-0.2, -0.15) is 13.2 Å². The molecule has 1 aromatic heterocycles. The minimum atomic E-state index is -4.68. The number of rotatable bonds is 9. The maximum Gasteiger partial charge on any atom is 0.433 e. The van der Waals surface area contributed by atoms with E-state index < -0.39 is 82.2 Å². The molecule has 0 radical (unpaired) electrons. The number of barbiturate groups is 1. The predicted molar refractivity (Wildman–Crippen MR) is 147 cm³/mol. The molecule has 2 saturated heterocycles. The van der Waals surface area contributed by atoms with E-state index >= 15 is 8.78 Å². The number of amides is 4. The molecule has 0 aliphatic carbocycles. The van der Waals surface area contributed by atoms with Gasteiger partial charge in [0.1, 0.15) is 45.9 Å². The monoisotopic (exact) mass is 646 g/mol. The fourth-order valence-corrected chi connectivity index (χ4v) is 5.54. The molecule has 3 heterocycles. The summed E-state index contributed by atoms with van der Waals surface area (Å²) in [4.78, 5) is 42.7. The minimum absolute atomic E-state index is 0.105. The van der Waals surface area contributed by atoms with Crippen molar-refractivity contribution in [2.24, 2.45) is 5.92 Å². The molecule has 44 heavy (non-hydrogen) atoms. The Balaban J connectivity index is 1.61. The molecule has 10 nitrogen and oxygen atoms in total. The van der Waals surface area contributed by atoms with E-state index in [0.29, 0.717) is 18.9 Å². The molecule has 0 spiro atoms. The third-order valence-corrected chi connectivity index (χ3v) is 8.62. The molecule has 2 fully saturated rings. The third-order valence-electron chi connectivity index (χ3n) is 7.03. The molecular weight excluding hydrogens is 615 g/mol. The second-order valence-corrected chi connectivity index (χ2v) is 13.3. The van der Waals surface area contributed by atoms with E-state index in [4.69, 9.17) is 9.47 Å². The lowest BCUT2D eigenvalue weighted by Gasteiger charge is -2.38. The van der Waals surface area contributed by atoms with Gasteiger partial charge in [-0.3, -0.25) is 19.8 Å². The summed E-state index contributed by atoms with van der Waals surface area (Å²) in [6.07, 6.45) is -6.17. The highest BCUT2D eigenvalue weighted by molar-refractivity contribution is 7.90. The number of pyridine rings is 1. The number of halogens is 5. The van der Waals surface area contributed by atoms with Crippen LogP contribution >= 0.6 is 0 Å². The molecule has 2 aliphatic rings. The van der Waals surface area contributed by atoms with Crippen molar-refractivity contribution in [3.05, 3.63) is 53.6 Å².